The Kier molecular flexibility index (Phi) is 6.44. The topological polar surface area (TPSA) is 68.0 Å². The molecule has 0 saturated carbocycles. The van der Waals surface area contributed by atoms with Crippen molar-refractivity contribution in [1.82, 2.24) is 15.5 Å². The molecule has 0 aliphatic carbocycles. The Balaban J connectivity index is 1.42. The van der Waals surface area contributed by atoms with E-state index in [1.54, 1.807) is 0 Å². The van der Waals surface area contributed by atoms with E-state index in [0.29, 0.717) is 11.1 Å². The predicted octanol–water partition coefficient (Wildman–Crippen LogP) is 3.97. The zero-order valence-corrected chi connectivity index (χ0v) is 15.4. The molecule has 1 aromatic heterocycles. The predicted molar refractivity (Wildman–Crippen MR) is 103 cm³/mol. The smallest absolute Gasteiger partial charge is 0.277 e. The highest BCUT2D eigenvalue weighted by molar-refractivity contribution is 7.99. The van der Waals surface area contributed by atoms with Gasteiger partial charge in [-0.05, 0) is 37.5 Å². The van der Waals surface area contributed by atoms with Gasteiger partial charge in [-0.1, -0.05) is 60.3 Å². The minimum atomic E-state index is -0.0324. The third-order valence-electron chi connectivity index (χ3n) is 3.87. The van der Waals surface area contributed by atoms with Gasteiger partial charge in [0.15, 0.2) is 0 Å². The molecular weight excluding hydrogens is 346 g/mol. The Morgan fingerprint density at radius 1 is 1.08 bits per heavy atom. The van der Waals surface area contributed by atoms with Crippen LogP contribution in [-0.4, -0.2) is 27.9 Å². The number of hydrogen-bond acceptors (Lipinski definition) is 5. The first kappa shape index (κ1) is 18.2. The number of aryl methyl sites for hydroxylation is 1. The normalized spacial score (nSPS) is 11.9. The zero-order chi connectivity index (χ0) is 18.2. The van der Waals surface area contributed by atoms with Crippen molar-refractivity contribution in [1.29, 1.82) is 0 Å². The monoisotopic (exact) mass is 367 g/mol. The molecule has 1 N–H and O–H groups in total. The SMILES string of the molecule is CC(CCc1ccccc1)NC(=O)CSc1nnc(-c2ccccc2)o1. The van der Waals surface area contributed by atoms with Crippen LogP contribution < -0.4 is 5.32 Å². The molecule has 134 valence electrons. The van der Waals surface area contributed by atoms with Crippen LogP contribution in [0.4, 0.5) is 0 Å². The van der Waals surface area contributed by atoms with Gasteiger partial charge in [-0.2, -0.15) is 0 Å². The molecule has 1 unspecified atom stereocenters. The highest BCUT2D eigenvalue weighted by Gasteiger charge is 2.12. The van der Waals surface area contributed by atoms with Gasteiger partial charge < -0.3 is 9.73 Å². The molecule has 5 nitrogen and oxygen atoms in total. The molecule has 1 atom stereocenters. The van der Waals surface area contributed by atoms with E-state index in [2.05, 4.69) is 27.6 Å². The molecule has 0 aliphatic heterocycles. The lowest BCUT2D eigenvalue weighted by Gasteiger charge is -2.13. The van der Waals surface area contributed by atoms with Gasteiger partial charge in [-0.3, -0.25) is 4.79 Å². The Morgan fingerprint density at radius 3 is 2.50 bits per heavy atom. The van der Waals surface area contributed by atoms with Crippen molar-refractivity contribution in [3.05, 3.63) is 66.2 Å². The summed E-state index contributed by atoms with van der Waals surface area (Å²) in [7, 11) is 0. The molecule has 6 heteroatoms. The van der Waals surface area contributed by atoms with E-state index < -0.39 is 0 Å². The van der Waals surface area contributed by atoms with E-state index in [0.717, 1.165) is 18.4 Å². The molecule has 2 aromatic carbocycles. The maximum atomic E-state index is 12.1. The molecule has 0 spiro atoms. The molecular formula is C20H21N3O2S. The highest BCUT2D eigenvalue weighted by Crippen LogP contribution is 2.22. The number of benzene rings is 2. The van der Waals surface area contributed by atoms with Gasteiger partial charge in [0.25, 0.3) is 5.22 Å². The summed E-state index contributed by atoms with van der Waals surface area (Å²) in [6.07, 6.45) is 1.85. The number of nitrogens with one attached hydrogen (secondary N) is 1. The Labute approximate surface area is 157 Å². The van der Waals surface area contributed by atoms with Crippen LogP contribution in [0.3, 0.4) is 0 Å². The van der Waals surface area contributed by atoms with E-state index in [1.807, 2.05) is 55.5 Å². The van der Waals surface area contributed by atoms with Crippen molar-refractivity contribution in [3.8, 4) is 11.5 Å². The summed E-state index contributed by atoms with van der Waals surface area (Å²) in [5, 5.41) is 11.4. The summed E-state index contributed by atoms with van der Waals surface area (Å²) >= 11 is 1.25. The summed E-state index contributed by atoms with van der Waals surface area (Å²) in [4.78, 5) is 12.1. The lowest BCUT2D eigenvalue weighted by molar-refractivity contribution is -0.119. The lowest BCUT2D eigenvalue weighted by atomic mass is 10.1. The third kappa shape index (κ3) is 5.46. The average Bonchev–Trinajstić information content (AvgIpc) is 3.15. The molecule has 3 rings (SSSR count). The molecule has 26 heavy (non-hydrogen) atoms. The van der Waals surface area contributed by atoms with Gasteiger partial charge in [-0.15, -0.1) is 10.2 Å². The van der Waals surface area contributed by atoms with E-state index in [9.17, 15) is 4.79 Å². The summed E-state index contributed by atoms with van der Waals surface area (Å²) in [5.74, 6) is 0.686. The van der Waals surface area contributed by atoms with Crippen LogP contribution in [0.15, 0.2) is 70.3 Å². The first-order valence-corrected chi connectivity index (χ1v) is 9.54. The van der Waals surface area contributed by atoms with E-state index in [-0.39, 0.29) is 17.7 Å². The number of amides is 1. The van der Waals surface area contributed by atoms with Gasteiger partial charge in [0, 0.05) is 11.6 Å². The van der Waals surface area contributed by atoms with Crippen molar-refractivity contribution in [3.63, 3.8) is 0 Å². The molecule has 0 bridgehead atoms. The maximum absolute atomic E-state index is 12.1. The summed E-state index contributed by atoms with van der Waals surface area (Å²) in [6.45, 7) is 2.02. The fourth-order valence-electron chi connectivity index (χ4n) is 2.51. The zero-order valence-electron chi connectivity index (χ0n) is 14.6. The van der Waals surface area contributed by atoms with Crippen LogP contribution in [0.25, 0.3) is 11.5 Å². The number of carbonyl (C=O) groups is 1. The fourth-order valence-corrected chi connectivity index (χ4v) is 3.08. The van der Waals surface area contributed by atoms with Crippen LogP contribution >= 0.6 is 11.8 Å². The van der Waals surface area contributed by atoms with Crippen molar-refractivity contribution in [2.45, 2.75) is 31.0 Å². The quantitative estimate of drug-likeness (QED) is 0.610. The first-order chi connectivity index (χ1) is 12.7. The van der Waals surface area contributed by atoms with Crippen LogP contribution in [0.1, 0.15) is 18.9 Å². The van der Waals surface area contributed by atoms with Crippen LogP contribution in [0.2, 0.25) is 0 Å². The van der Waals surface area contributed by atoms with Crippen LogP contribution in [0.5, 0.6) is 0 Å². The minimum Gasteiger partial charge on any atom is -0.411 e. The summed E-state index contributed by atoms with van der Waals surface area (Å²) in [5.41, 5.74) is 2.15. The van der Waals surface area contributed by atoms with Crippen molar-refractivity contribution in [2.75, 3.05) is 5.75 Å². The molecule has 1 heterocycles. The second-order valence-corrected chi connectivity index (χ2v) is 6.95. The lowest BCUT2D eigenvalue weighted by Crippen LogP contribution is -2.34. The van der Waals surface area contributed by atoms with Crippen molar-refractivity contribution in [2.24, 2.45) is 0 Å². The number of hydrogen-bond donors (Lipinski definition) is 1. The van der Waals surface area contributed by atoms with Crippen molar-refractivity contribution >= 4 is 17.7 Å². The fraction of sp³-hybridized carbons (Fsp3) is 0.250. The second kappa shape index (κ2) is 9.20. The highest BCUT2D eigenvalue weighted by atomic mass is 32.2. The average molecular weight is 367 g/mol. The Bertz CT molecular complexity index is 821. The molecule has 0 saturated heterocycles. The molecule has 3 aromatic rings. The largest absolute Gasteiger partial charge is 0.411 e. The summed E-state index contributed by atoms with van der Waals surface area (Å²) in [6, 6.07) is 20.0. The molecule has 0 fully saturated rings. The number of rotatable bonds is 8. The maximum Gasteiger partial charge on any atom is 0.277 e. The van der Waals surface area contributed by atoms with Crippen LogP contribution in [0, 0.1) is 0 Å². The minimum absolute atomic E-state index is 0.0324. The van der Waals surface area contributed by atoms with E-state index in [1.165, 1.54) is 17.3 Å². The van der Waals surface area contributed by atoms with E-state index >= 15 is 0 Å². The van der Waals surface area contributed by atoms with Gasteiger partial charge in [0.1, 0.15) is 0 Å². The number of carbonyl (C=O) groups excluding carboxylic acids is 1. The number of nitrogens with zero attached hydrogens (tertiary/aromatic N) is 2. The number of thioether (sulfide) groups is 1. The van der Waals surface area contributed by atoms with Gasteiger partial charge in [0.05, 0.1) is 5.75 Å². The van der Waals surface area contributed by atoms with Crippen LogP contribution in [-0.2, 0) is 11.2 Å². The third-order valence-corrected chi connectivity index (χ3v) is 4.69. The molecule has 0 radical (unpaired) electrons. The first-order valence-electron chi connectivity index (χ1n) is 8.56. The van der Waals surface area contributed by atoms with Crippen molar-refractivity contribution < 1.29 is 9.21 Å². The summed E-state index contributed by atoms with van der Waals surface area (Å²) < 4.78 is 5.59. The molecule has 1 amide bonds. The van der Waals surface area contributed by atoms with Gasteiger partial charge >= 0.3 is 0 Å². The van der Waals surface area contributed by atoms with Gasteiger partial charge in [0.2, 0.25) is 11.8 Å². The Morgan fingerprint density at radius 2 is 1.77 bits per heavy atom. The Hall–Kier alpha value is -2.60. The standard InChI is InChI=1S/C20H21N3O2S/c1-15(12-13-16-8-4-2-5-9-16)21-18(24)14-26-20-23-22-19(25-20)17-10-6-3-7-11-17/h2-11,15H,12-14H2,1H3,(H,21,24). The molecule has 0 aliphatic rings. The number of aromatic nitrogens is 2. The second-order valence-electron chi connectivity index (χ2n) is 6.02. The van der Waals surface area contributed by atoms with Gasteiger partial charge in [-0.25, -0.2) is 0 Å². The van der Waals surface area contributed by atoms with E-state index in [4.69, 9.17) is 4.42 Å².